The van der Waals surface area contributed by atoms with E-state index in [4.69, 9.17) is 4.42 Å². The number of sulfonamides is 1. The minimum atomic E-state index is -4.18. The normalized spacial score (nSPS) is 15.5. The summed E-state index contributed by atoms with van der Waals surface area (Å²) in [7, 11) is -4.18. The SMILES string of the molecule is Cc1nc(-c2ccc(NC(=O)C3CCN(S(=O)(=O)c4cc(F)ccc4F)CC3)cc2)oc1C. The summed E-state index contributed by atoms with van der Waals surface area (Å²) in [4.78, 5) is 16.3. The van der Waals surface area contributed by atoms with Crippen LogP contribution in [0.1, 0.15) is 24.3 Å². The molecule has 174 valence electrons. The van der Waals surface area contributed by atoms with E-state index < -0.39 is 32.5 Å². The summed E-state index contributed by atoms with van der Waals surface area (Å²) >= 11 is 0. The molecule has 1 aliphatic rings. The molecule has 0 atom stereocenters. The first-order chi connectivity index (χ1) is 15.6. The summed E-state index contributed by atoms with van der Waals surface area (Å²) < 4.78 is 59.5. The minimum absolute atomic E-state index is 0.0399. The van der Waals surface area contributed by atoms with Gasteiger partial charge in [0.25, 0.3) is 0 Å². The molecule has 0 aliphatic carbocycles. The number of oxazole rings is 1. The van der Waals surface area contributed by atoms with Crippen LogP contribution >= 0.6 is 0 Å². The summed E-state index contributed by atoms with van der Waals surface area (Å²) in [5.41, 5.74) is 2.20. The molecule has 33 heavy (non-hydrogen) atoms. The van der Waals surface area contributed by atoms with Gasteiger partial charge in [0.05, 0.1) is 5.69 Å². The van der Waals surface area contributed by atoms with E-state index >= 15 is 0 Å². The van der Waals surface area contributed by atoms with Gasteiger partial charge in [-0.15, -0.1) is 0 Å². The molecule has 0 radical (unpaired) electrons. The number of aryl methyl sites for hydroxylation is 2. The first-order valence-corrected chi connectivity index (χ1v) is 11.9. The zero-order valence-corrected chi connectivity index (χ0v) is 19.0. The Hall–Kier alpha value is -3.11. The number of carbonyl (C=O) groups excluding carboxylic acids is 1. The van der Waals surface area contributed by atoms with Crippen molar-refractivity contribution in [2.45, 2.75) is 31.6 Å². The number of nitrogens with zero attached hydrogens (tertiary/aromatic N) is 2. The molecule has 0 spiro atoms. The third kappa shape index (κ3) is 4.81. The molecule has 0 saturated carbocycles. The van der Waals surface area contributed by atoms with Crippen LogP contribution in [0.5, 0.6) is 0 Å². The Balaban J connectivity index is 1.37. The predicted molar refractivity (Wildman–Crippen MR) is 118 cm³/mol. The fourth-order valence-electron chi connectivity index (χ4n) is 3.71. The summed E-state index contributed by atoms with van der Waals surface area (Å²) in [5.74, 6) is -1.20. The van der Waals surface area contributed by atoms with Crippen molar-refractivity contribution in [3.05, 3.63) is 65.6 Å². The smallest absolute Gasteiger partial charge is 0.246 e. The summed E-state index contributed by atoms with van der Waals surface area (Å²) in [5, 5.41) is 2.84. The second-order valence-electron chi connectivity index (χ2n) is 7.98. The van der Waals surface area contributed by atoms with E-state index in [2.05, 4.69) is 10.3 Å². The molecule has 3 aromatic rings. The van der Waals surface area contributed by atoms with Crippen LogP contribution < -0.4 is 5.32 Å². The highest BCUT2D eigenvalue weighted by Crippen LogP contribution is 2.27. The maximum atomic E-state index is 14.0. The zero-order chi connectivity index (χ0) is 23.8. The molecule has 1 saturated heterocycles. The van der Waals surface area contributed by atoms with Gasteiger partial charge in [0.2, 0.25) is 21.8 Å². The number of amides is 1. The van der Waals surface area contributed by atoms with Gasteiger partial charge in [-0.2, -0.15) is 4.31 Å². The van der Waals surface area contributed by atoms with Crippen LogP contribution in [0.2, 0.25) is 0 Å². The van der Waals surface area contributed by atoms with Crippen molar-refractivity contribution in [3.63, 3.8) is 0 Å². The lowest BCUT2D eigenvalue weighted by atomic mass is 9.97. The molecule has 10 heteroatoms. The number of piperidine rings is 1. The van der Waals surface area contributed by atoms with Crippen LogP contribution in [-0.2, 0) is 14.8 Å². The lowest BCUT2D eigenvalue weighted by Gasteiger charge is -2.30. The topological polar surface area (TPSA) is 92.5 Å². The van der Waals surface area contributed by atoms with Gasteiger partial charge in [-0.1, -0.05) is 0 Å². The Kier molecular flexibility index (Phi) is 6.31. The second kappa shape index (κ2) is 9.03. The molecule has 1 aromatic heterocycles. The molecule has 1 N–H and O–H groups in total. The molecule has 0 unspecified atom stereocenters. The average Bonchev–Trinajstić information content (AvgIpc) is 3.14. The maximum absolute atomic E-state index is 14.0. The average molecular weight is 476 g/mol. The fourth-order valence-corrected chi connectivity index (χ4v) is 5.25. The van der Waals surface area contributed by atoms with Crippen molar-refractivity contribution in [1.29, 1.82) is 0 Å². The molecule has 2 heterocycles. The molecular formula is C23H23F2N3O4S. The summed E-state index contributed by atoms with van der Waals surface area (Å²) in [6.07, 6.45) is 0.546. The van der Waals surface area contributed by atoms with Crippen LogP contribution in [0.4, 0.5) is 14.5 Å². The van der Waals surface area contributed by atoms with Gasteiger partial charge in [-0.25, -0.2) is 22.2 Å². The van der Waals surface area contributed by atoms with Crippen molar-refractivity contribution in [2.75, 3.05) is 18.4 Å². The zero-order valence-electron chi connectivity index (χ0n) is 18.1. The Morgan fingerprint density at radius 2 is 1.76 bits per heavy atom. The first-order valence-electron chi connectivity index (χ1n) is 10.5. The second-order valence-corrected chi connectivity index (χ2v) is 9.89. The molecule has 1 aliphatic heterocycles. The van der Waals surface area contributed by atoms with Gasteiger partial charge in [0.1, 0.15) is 22.3 Å². The molecule has 1 fully saturated rings. The van der Waals surface area contributed by atoms with Crippen LogP contribution in [0.3, 0.4) is 0 Å². The molecule has 2 aromatic carbocycles. The number of carbonyl (C=O) groups is 1. The van der Waals surface area contributed by atoms with Gasteiger partial charge in [0, 0.05) is 30.3 Å². The van der Waals surface area contributed by atoms with E-state index in [9.17, 15) is 22.0 Å². The molecule has 4 rings (SSSR count). The third-order valence-electron chi connectivity index (χ3n) is 5.76. The van der Waals surface area contributed by atoms with Crippen molar-refractivity contribution < 1.29 is 26.4 Å². The number of nitrogens with one attached hydrogen (secondary N) is 1. The number of benzene rings is 2. The number of aromatic nitrogens is 1. The van der Waals surface area contributed by atoms with E-state index in [-0.39, 0.29) is 31.8 Å². The lowest BCUT2D eigenvalue weighted by molar-refractivity contribution is -0.120. The largest absolute Gasteiger partial charge is 0.441 e. The highest BCUT2D eigenvalue weighted by molar-refractivity contribution is 7.89. The van der Waals surface area contributed by atoms with Gasteiger partial charge < -0.3 is 9.73 Å². The number of hydrogen-bond donors (Lipinski definition) is 1. The number of rotatable bonds is 5. The van der Waals surface area contributed by atoms with Crippen molar-refractivity contribution >= 4 is 21.6 Å². The molecule has 1 amide bonds. The van der Waals surface area contributed by atoms with Crippen molar-refractivity contribution in [3.8, 4) is 11.5 Å². The Morgan fingerprint density at radius 1 is 1.09 bits per heavy atom. The standard InChI is InChI=1S/C23H23F2N3O4S/c1-14-15(2)32-23(26-14)17-3-6-19(7-4-17)27-22(29)16-9-11-28(12-10-16)33(30,31)21-13-18(24)5-8-20(21)25/h3-8,13,16H,9-12H2,1-2H3,(H,27,29). The van der Waals surface area contributed by atoms with Crippen LogP contribution in [-0.4, -0.2) is 36.7 Å². The van der Waals surface area contributed by atoms with E-state index in [1.54, 1.807) is 24.3 Å². The lowest BCUT2D eigenvalue weighted by Crippen LogP contribution is -2.41. The van der Waals surface area contributed by atoms with E-state index in [0.717, 1.165) is 33.5 Å². The quantitative estimate of drug-likeness (QED) is 0.595. The Labute approximate surface area is 190 Å². The predicted octanol–water partition coefficient (Wildman–Crippen LogP) is 4.28. The molecule has 0 bridgehead atoms. The van der Waals surface area contributed by atoms with Crippen molar-refractivity contribution in [1.82, 2.24) is 9.29 Å². The van der Waals surface area contributed by atoms with Gasteiger partial charge in [-0.05, 0) is 69.2 Å². The first kappa shape index (κ1) is 23.1. The van der Waals surface area contributed by atoms with E-state index in [0.29, 0.717) is 17.6 Å². The summed E-state index contributed by atoms with van der Waals surface area (Å²) in [6.45, 7) is 3.78. The minimum Gasteiger partial charge on any atom is -0.441 e. The fraction of sp³-hybridized carbons (Fsp3) is 0.304. The molecular weight excluding hydrogens is 452 g/mol. The third-order valence-corrected chi connectivity index (χ3v) is 7.68. The molecule has 7 nitrogen and oxygen atoms in total. The monoisotopic (exact) mass is 475 g/mol. The Morgan fingerprint density at radius 3 is 2.36 bits per heavy atom. The van der Waals surface area contributed by atoms with Gasteiger partial charge in [-0.3, -0.25) is 4.79 Å². The highest BCUT2D eigenvalue weighted by atomic mass is 32.2. The van der Waals surface area contributed by atoms with Crippen LogP contribution in [0.25, 0.3) is 11.5 Å². The van der Waals surface area contributed by atoms with Crippen LogP contribution in [0.15, 0.2) is 51.8 Å². The van der Waals surface area contributed by atoms with Gasteiger partial charge in [0.15, 0.2) is 0 Å². The van der Waals surface area contributed by atoms with Crippen LogP contribution in [0, 0.1) is 31.4 Å². The summed E-state index contributed by atoms with van der Waals surface area (Å²) in [6, 6.07) is 9.41. The van der Waals surface area contributed by atoms with E-state index in [1.165, 1.54) is 0 Å². The van der Waals surface area contributed by atoms with E-state index in [1.807, 2.05) is 13.8 Å². The number of hydrogen-bond acceptors (Lipinski definition) is 5. The van der Waals surface area contributed by atoms with Gasteiger partial charge >= 0.3 is 0 Å². The van der Waals surface area contributed by atoms with Crippen molar-refractivity contribution in [2.24, 2.45) is 5.92 Å². The highest BCUT2D eigenvalue weighted by Gasteiger charge is 2.33. The number of halogens is 2. The maximum Gasteiger partial charge on any atom is 0.246 e. The Bertz CT molecular complexity index is 1260. The number of anilines is 1.